The first kappa shape index (κ1) is 15.7. The molecule has 6 heteroatoms. The van der Waals surface area contributed by atoms with E-state index >= 15 is 0 Å². The summed E-state index contributed by atoms with van der Waals surface area (Å²) in [5, 5.41) is 6.93. The second-order valence-corrected chi connectivity index (χ2v) is 6.28. The van der Waals surface area contributed by atoms with Gasteiger partial charge in [0.25, 0.3) is 0 Å². The summed E-state index contributed by atoms with van der Waals surface area (Å²) in [5.74, 6) is 0. The minimum atomic E-state index is -0.0937. The molecule has 1 aliphatic heterocycles. The van der Waals surface area contributed by atoms with Crippen LogP contribution in [0.4, 0.5) is 5.69 Å². The number of hydrogen-bond acceptors (Lipinski definition) is 4. The maximum absolute atomic E-state index is 12.2. The highest BCUT2D eigenvalue weighted by atomic mass is 16.5. The Morgan fingerprint density at radius 1 is 1.12 bits per heavy atom. The van der Waals surface area contributed by atoms with E-state index in [1.165, 1.54) is 0 Å². The Morgan fingerprint density at radius 2 is 1.88 bits per heavy atom. The molecule has 25 heavy (non-hydrogen) atoms. The molecule has 0 radical (unpaired) electrons. The zero-order chi connectivity index (χ0) is 17.2. The minimum absolute atomic E-state index is 0.0937. The molecule has 3 aromatic rings. The Kier molecular flexibility index (Phi) is 4.11. The Bertz CT molecular complexity index is 900. The summed E-state index contributed by atoms with van der Waals surface area (Å²) in [6, 6.07) is 13.9. The van der Waals surface area contributed by atoms with Gasteiger partial charge in [-0.2, -0.15) is 5.10 Å². The number of hydrogen-bond donors (Lipinski definition) is 2. The summed E-state index contributed by atoms with van der Waals surface area (Å²) in [4.78, 5) is 17.3. The molecular weight excluding hydrogens is 316 g/mol. The number of aromatic amines is 2. The van der Waals surface area contributed by atoms with E-state index in [1.807, 2.05) is 36.4 Å². The highest BCUT2D eigenvalue weighted by Gasteiger charge is 2.20. The summed E-state index contributed by atoms with van der Waals surface area (Å²) in [6.07, 6.45) is 1.73. The molecule has 0 spiro atoms. The molecular formula is C19H20N4O2. The van der Waals surface area contributed by atoms with Crippen LogP contribution in [0.1, 0.15) is 6.92 Å². The molecule has 2 aromatic heterocycles. The lowest BCUT2D eigenvalue weighted by atomic mass is 10.1. The van der Waals surface area contributed by atoms with Gasteiger partial charge in [0.2, 0.25) is 5.56 Å². The van der Waals surface area contributed by atoms with Gasteiger partial charge in [-0.05, 0) is 30.2 Å². The zero-order valence-electron chi connectivity index (χ0n) is 14.0. The van der Waals surface area contributed by atoms with Crippen LogP contribution in [0.2, 0.25) is 0 Å². The SMILES string of the molecule is CC1COCCN1c1cc(-c2ccc(-c3ccn[nH]3)cc2)[nH]c(=O)c1. The lowest BCUT2D eigenvalue weighted by Crippen LogP contribution is -2.44. The summed E-state index contributed by atoms with van der Waals surface area (Å²) in [7, 11) is 0. The monoisotopic (exact) mass is 336 g/mol. The van der Waals surface area contributed by atoms with Crippen LogP contribution in [0, 0.1) is 0 Å². The summed E-state index contributed by atoms with van der Waals surface area (Å²) in [6.45, 7) is 4.27. The van der Waals surface area contributed by atoms with Gasteiger partial charge in [0, 0.05) is 30.5 Å². The normalized spacial score (nSPS) is 17.6. The zero-order valence-corrected chi connectivity index (χ0v) is 14.0. The number of pyridine rings is 1. The van der Waals surface area contributed by atoms with Crippen molar-refractivity contribution in [3.05, 3.63) is 59.0 Å². The molecule has 1 atom stereocenters. The molecule has 0 bridgehead atoms. The van der Waals surface area contributed by atoms with Crippen molar-refractivity contribution in [3.8, 4) is 22.5 Å². The number of nitrogens with zero attached hydrogens (tertiary/aromatic N) is 2. The first-order chi connectivity index (χ1) is 12.2. The van der Waals surface area contributed by atoms with E-state index in [-0.39, 0.29) is 11.6 Å². The number of benzene rings is 1. The molecule has 1 unspecified atom stereocenters. The van der Waals surface area contributed by atoms with Gasteiger partial charge in [0.15, 0.2) is 0 Å². The van der Waals surface area contributed by atoms with Crippen molar-refractivity contribution in [2.45, 2.75) is 13.0 Å². The maximum Gasteiger partial charge on any atom is 0.250 e. The van der Waals surface area contributed by atoms with E-state index < -0.39 is 0 Å². The summed E-state index contributed by atoms with van der Waals surface area (Å²) < 4.78 is 5.49. The largest absolute Gasteiger partial charge is 0.377 e. The van der Waals surface area contributed by atoms with Crippen LogP contribution in [0.3, 0.4) is 0 Å². The Hall–Kier alpha value is -2.86. The van der Waals surface area contributed by atoms with Gasteiger partial charge in [0.1, 0.15) is 0 Å². The van der Waals surface area contributed by atoms with Crippen LogP contribution >= 0.6 is 0 Å². The van der Waals surface area contributed by atoms with E-state index in [1.54, 1.807) is 12.3 Å². The number of H-pyrrole nitrogens is 2. The minimum Gasteiger partial charge on any atom is -0.377 e. The number of rotatable bonds is 3. The molecule has 3 heterocycles. The Morgan fingerprint density at radius 3 is 2.56 bits per heavy atom. The van der Waals surface area contributed by atoms with Gasteiger partial charge in [-0.15, -0.1) is 0 Å². The third-order valence-corrected chi connectivity index (χ3v) is 4.54. The smallest absolute Gasteiger partial charge is 0.250 e. The molecule has 1 saturated heterocycles. The first-order valence-corrected chi connectivity index (χ1v) is 8.39. The maximum atomic E-state index is 12.2. The molecule has 0 amide bonds. The second-order valence-electron chi connectivity index (χ2n) is 6.28. The third-order valence-electron chi connectivity index (χ3n) is 4.54. The average molecular weight is 336 g/mol. The van der Waals surface area contributed by atoms with Gasteiger partial charge in [0.05, 0.1) is 24.6 Å². The lowest BCUT2D eigenvalue weighted by molar-refractivity contribution is 0.0989. The van der Waals surface area contributed by atoms with Gasteiger partial charge in [-0.1, -0.05) is 24.3 Å². The van der Waals surface area contributed by atoms with Gasteiger partial charge < -0.3 is 14.6 Å². The molecule has 128 valence electrons. The van der Waals surface area contributed by atoms with Crippen LogP contribution in [-0.4, -0.2) is 41.0 Å². The number of nitrogens with one attached hydrogen (secondary N) is 2. The van der Waals surface area contributed by atoms with Crippen LogP contribution in [0.5, 0.6) is 0 Å². The number of aromatic nitrogens is 3. The fraction of sp³-hybridized carbons (Fsp3) is 0.263. The highest BCUT2D eigenvalue weighted by Crippen LogP contribution is 2.25. The van der Waals surface area contributed by atoms with E-state index in [4.69, 9.17) is 4.74 Å². The summed E-state index contributed by atoms with van der Waals surface area (Å²) in [5.41, 5.74) is 4.66. The predicted octanol–water partition coefficient (Wildman–Crippen LogP) is 2.66. The molecule has 4 rings (SSSR count). The Balaban J connectivity index is 1.67. The third kappa shape index (κ3) is 3.21. The standard InChI is InChI=1S/C19H20N4O2/c1-13-12-25-9-8-23(13)16-10-18(21-19(24)11-16)15-4-2-14(3-5-15)17-6-7-20-22-17/h2-7,10-11,13H,8-9,12H2,1H3,(H,20,22)(H,21,24). The van der Waals surface area contributed by atoms with E-state index in [0.29, 0.717) is 13.2 Å². The van der Waals surface area contributed by atoms with Crippen molar-refractivity contribution in [2.75, 3.05) is 24.7 Å². The van der Waals surface area contributed by atoms with Crippen molar-refractivity contribution in [2.24, 2.45) is 0 Å². The van der Waals surface area contributed by atoms with Crippen molar-refractivity contribution < 1.29 is 4.74 Å². The average Bonchev–Trinajstić information content (AvgIpc) is 3.16. The highest BCUT2D eigenvalue weighted by molar-refractivity contribution is 5.69. The summed E-state index contributed by atoms with van der Waals surface area (Å²) >= 11 is 0. The fourth-order valence-electron chi connectivity index (χ4n) is 3.21. The molecule has 2 N–H and O–H groups in total. The van der Waals surface area contributed by atoms with Crippen LogP contribution in [0.15, 0.2) is 53.5 Å². The van der Waals surface area contributed by atoms with Crippen molar-refractivity contribution >= 4 is 5.69 Å². The lowest BCUT2D eigenvalue weighted by Gasteiger charge is -2.35. The van der Waals surface area contributed by atoms with E-state index in [2.05, 4.69) is 27.0 Å². The molecule has 1 aliphatic rings. The Labute approximate surface area is 145 Å². The van der Waals surface area contributed by atoms with Crippen molar-refractivity contribution in [3.63, 3.8) is 0 Å². The second kappa shape index (κ2) is 6.57. The van der Waals surface area contributed by atoms with E-state index in [9.17, 15) is 4.79 Å². The van der Waals surface area contributed by atoms with Gasteiger partial charge in [-0.25, -0.2) is 0 Å². The van der Waals surface area contributed by atoms with Crippen LogP contribution in [0.25, 0.3) is 22.5 Å². The van der Waals surface area contributed by atoms with Gasteiger partial charge in [-0.3, -0.25) is 9.89 Å². The topological polar surface area (TPSA) is 74.0 Å². The molecule has 6 nitrogen and oxygen atoms in total. The van der Waals surface area contributed by atoms with Crippen LogP contribution < -0.4 is 10.5 Å². The number of anilines is 1. The quantitative estimate of drug-likeness (QED) is 0.771. The van der Waals surface area contributed by atoms with Crippen molar-refractivity contribution in [1.82, 2.24) is 15.2 Å². The first-order valence-electron chi connectivity index (χ1n) is 8.39. The van der Waals surface area contributed by atoms with E-state index in [0.717, 1.165) is 34.7 Å². The molecule has 1 fully saturated rings. The number of ether oxygens (including phenoxy) is 1. The molecule has 1 aromatic carbocycles. The fourth-order valence-corrected chi connectivity index (χ4v) is 3.21. The molecule has 0 aliphatic carbocycles. The molecule has 0 saturated carbocycles. The van der Waals surface area contributed by atoms with Crippen LogP contribution in [-0.2, 0) is 4.74 Å². The van der Waals surface area contributed by atoms with Crippen molar-refractivity contribution in [1.29, 1.82) is 0 Å². The van der Waals surface area contributed by atoms with Gasteiger partial charge >= 0.3 is 0 Å². The number of morpholine rings is 1. The predicted molar refractivity (Wildman–Crippen MR) is 97.7 cm³/mol.